The van der Waals surface area contributed by atoms with Gasteiger partial charge in [0.2, 0.25) is 0 Å². The third-order valence-corrected chi connectivity index (χ3v) is 5.42. The first-order valence-electron chi connectivity index (χ1n) is 5.77. The van der Waals surface area contributed by atoms with Crippen molar-refractivity contribution in [3.8, 4) is 0 Å². The number of anilines is 1. The van der Waals surface area contributed by atoms with E-state index in [1.54, 1.807) is 11.3 Å². The topological polar surface area (TPSA) is 42.2 Å². The minimum Gasteiger partial charge on any atom is -0.375 e. The Hall–Kier alpha value is -0.330. The highest BCUT2D eigenvalue weighted by molar-refractivity contribution is 7.29. The Morgan fingerprint density at radius 1 is 1.26 bits per heavy atom. The number of hydrogen-bond donors (Lipinski definition) is 1. The first kappa shape index (κ1) is 16.7. The molecule has 2 N–H and O–H groups in total. The van der Waals surface area contributed by atoms with Gasteiger partial charge in [-0.1, -0.05) is 17.4 Å². The van der Waals surface area contributed by atoms with E-state index in [1.807, 2.05) is 17.4 Å². The fourth-order valence-corrected chi connectivity index (χ4v) is 4.66. The molecule has 7 heteroatoms. The summed E-state index contributed by atoms with van der Waals surface area (Å²) in [7, 11) is 0. The smallest absolute Gasteiger partial charge is 0.181 e. The molecule has 2 aromatic heterocycles. The predicted molar refractivity (Wildman–Crippen MR) is 90.5 cm³/mol. The molecule has 1 aliphatic rings. The Balaban J connectivity index is 0.000000902. The van der Waals surface area contributed by atoms with E-state index in [4.69, 9.17) is 5.73 Å². The Morgan fingerprint density at radius 2 is 2.00 bits per heavy atom. The van der Waals surface area contributed by atoms with E-state index in [2.05, 4.69) is 16.5 Å². The molecule has 0 atom stereocenters. The number of hydrogen-bond acceptors (Lipinski definition) is 5. The molecule has 2 aromatic rings. The number of halogens is 2. The van der Waals surface area contributed by atoms with Gasteiger partial charge in [0.05, 0.1) is 4.70 Å². The Labute approximate surface area is 133 Å². The van der Waals surface area contributed by atoms with Crippen molar-refractivity contribution in [1.82, 2.24) is 9.88 Å². The van der Waals surface area contributed by atoms with E-state index < -0.39 is 0 Å². The minimum atomic E-state index is 0. The minimum absolute atomic E-state index is 0. The van der Waals surface area contributed by atoms with Crippen molar-refractivity contribution < 1.29 is 0 Å². The van der Waals surface area contributed by atoms with Crippen molar-refractivity contribution in [2.75, 3.05) is 25.4 Å². The second kappa shape index (κ2) is 6.90. The normalized spacial score (nSPS) is 15.2. The quantitative estimate of drug-likeness (QED) is 0.854. The Morgan fingerprint density at radius 3 is 2.74 bits per heavy atom. The van der Waals surface area contributed by atoms with Crippen molar-refractivity contribution >= 4 is 62.1 Å². The molecule has 106 valence electrons. The third kappa shape index (κ3) is 3.23. The van der Waals surface area contributed by atoms with Crippen LogP contribution in [0.25, 0.3) is 9.53 Å². The first-order chi connectivity index (χ1) is 8.28. The molecule has 0 radical (unpaired) electrons. The number of nitrogen functional groups attached to an aromatic ring is 1. The highest BCUT2D eigenvalue weighted by atomic mass is 35.5. The fourth-order valence-electron chi connectivity index (χ4n) is 2.35. The maximum atomic E-state index is 5.77. The lowest BCUT2D eigenvalue weighted by atomic mass is 10.2. The van der Waals surface area contributed by atoms with Crippen molar-refractivity contribution in [3.05, 3.63) is 23.1 Å². The summed E-state index contributed by atoms with van der Waals surface area (Å²) in [5.41, 5.74) is 7.26. The standard InChI is InChI=1S/C12H15N3S2.2ClH/c1-2-5-15-6-3-8-9(4-7-15)16-11-10(8)17-12(13)14-11;;/h2H,1,3-7H2,(H2,13,14);2*1H. The van der Waals surface area contributed by atoms with Gasteiger partial charge < -0.3 is 5.73 Å². The maximum Gasteiger partial charge on any atom is 0.181 e. The van der Waals surface area contributed by atoms with Crippen LogP contribution in [0, 0.1) is 0 Å². The summed E-state index contributed by atoms with van der Waals surface area (Å²) in [5, 5.41) is 0.696. The van der Waals surface area contributed by atoms with Gasteiger partial charge in [-0.3, -0.25) is 4.90 Å². The molecule has 3 rings (SSSR count). The van der Waals surface area contributed by atoms with Crippen LogP contribution in [0.2, 0.25) is 0 Å². The average Bonchev–Trinajstić information content (AvgIpc) is 2.71. The molecular formula is C12H17Cl2N3S2. The monoisotopic (exact) mass is 337 g/mol. The summed E-state index contributed by atoms with van der Waals surface area (Å²) in [6.45, 7) is 7.04. The predicted octanol–water partition coefficient (Wildman–Crippen LogP) is 3.37. The van der Waals surface area contributed by atoms with Gasteiger partial charge in [0.15, 0.2) is 5.13 Å². The van der Waals surface area contributed by atoms with Gasteiger partial charge in [-0.2, -0.15) is 0 Å². The van der Waals surface area contributed by atoms with Crippen molar-refractivity contribution in [1.29, 1.82) is 0 Å². The lowest BCUT2D eigenvalue weighted by Gasteiger charge is -2.16. The molecule has 3 heterocycles. The second-order valence-electron chi connectivity index (χ2n) is 4.28. The lowest BCUT2D eigenvalue weighted by molar-refractivity contribution is 0.319. The zero-order valence-corrected chi connectivity index (χ0v) is 13.7. The van der Waals surface area contributed by atoms with Crippen LogP contribution in [-0.2, 0) is 12.8 Å². The molecule has 19 heavy (non-hydrogen) atoms. The largest absolute Gasteiger partial charge is 0.375 e. The number of rotatable bonds is 2. The number of nitrogens with zero attached hydrogens (tertiary/aromatic N) is 2. The van der Waals surface area contributed by atoms with Gasteiger partial charge in [-0.25, -0.2) is 4.98 Å². The molecule has 0 fully saturated rings. The van der Waals surface area contributed by atoms with Gasteiger partial charge in [-0.05, 0) is 18.4 Å². The van der Waals surface area contributed by atoms with Crippen LogP contribution in [0.5, 0.6) is 0 Å². The van der Waals surface area contributed by atoms with E-state index >= 15 is 0 Å². The SMILES string of the molecule is C=CCN1CCc2sc3nc(N)sc3c2CC1.Cl.Cl. The number of fused-ring (bicyclic) bond motifs is 3. The Kier molecular flexibility index (Phi) is 6.08. The number of aromatic nitrogens is 1. The zero-order valence-electron chi connectivity index (χ0n) is 10.4. The van der Waals surface area contributed by atoms with Crippen LogP contribution < -0.4 is 5.73 Å². The molecule has 0 bridgehead atoms. The lowest BCUT2D eigenvalue weighted by Crippen LogP contribution is -2.26. The molecule has 0 spiro atoms. The van der Waals surface area contributed by atoms with Crippen LogP contribution in [0.15, 0.2) is 12.7 Å². The summed E-state index contributed by atoms with van der Waals surface area (Å²) < 4.78 is 1.32. The van der Waals surface area contributed by atoms with E-state index in [1.165, 1.54) is 15.1 Å². The van der Waals surface area contributed by atoms with E-state index in [0.29, 0.717) is 5.13 Å². The summed E-state index contributed by atoms with van der Waals surface area (Å²) in [4.78, 5) is 9.48. The van der Waals surface area contributed by atoms with Gasteiger partial charge in [0.25, 0.3) is 0 Å². The third-order valence-electron chi connectivity index (χ3n) is 3.16. The summed E-state index contributed by atoms with van der Waals surface area (Å²) in [6.07, 6.45) is 4.24. The van der Waals surface area contributed by atoms with Crippen molar-refractivity contribution in [2.24, 2.45) is 0 Å². The number of thiazole rings is 1. The summed E-state index contributed by atoms with van der Waals surface area (Å²) in [6, 6.07) is 0. The fraction of sp³-hybridized carbons (Fsp3) is 0.417. The molecule has 0 saturated heterocycles. The molecule has 0 amide bonds. The molecule has 0 saturated carbocycles. The van der Waals surface area contributed by atoms with E-state index in [9.17, 15) is 0 Å². The van der Waals surface area contributed by atoms with Gasteiger partial charge in [0.1, 0.15) is 4.83 Å². The number of thiophene rings is 1. The zero-order chi connectivity index (χ0) is 11.8. The maximum absolute atomic E-state index is 5.77. The molecular weight excluding hydrogens is 321 g/mol. The highest BCUT2D eigenvalue weighted by Gasteiger charge is 2.20. The Bertz CT molecular complexity index is 565. The van der Waals surface area contributed by atoms with Gasteiger partial charge in [0, 0.05) is 24.5 Å². The molecule has 0 aliphatic carbocycles. The van der Waals surface area contributed by atoms with Crippen molar-refractivity contribution in [2.45, 2.75) is 12.8 Å². The molecule has 0 unspecified atom stereocenters. The summed E-state index contributed by atoms with van der Waals surface area (Å²) in [5.74, 6) is 0. The molecule has 0 aromatic carbocycles. The van der Waals surface area contributed by atoms with Crippen LogP contribution >= 0.6 is 47.5 Å². The average molecular weight is 338 g/mol. The molecule has 1 aliphatic heterocycles. The van der Waals surface area contributed by atoms with Gasteiger partial charge >= 0.3 is 0 Å². The summed E-state index contributed by atoms with van der Waals surface area (Å²) >= 11 is 3.46. The molecule has 3 nitrogen and oxygen atoms in total. The van der Waals surface area contributed by atoms with Crippen LogP contribution in [0.1, 0.15) is 10.4 Å². The first-order valence-corrected chi connectivity index (χ1v) is 7.41. The second-order valence-corrected chi connectivity index (χ2v) is 6.39. The van der Waals surface area contributed by atoms with E-state index in [0.717, 1.165) is 37.3 Å². The van der Waals surface area contributed by atoms with E-state index in [-0.39, 0.29) is 24.8 Å². The van der Waals surface area contributed by atoms with Crippen LogP contribution in [0.4, 0.5) is 5.13 Å². The van der Waals surface area contributed by atoms with Crippen molar-refractivity contribution in [3.63, 3.8) is 0 Å². The van der Waals surface area contributed by atoms with Crippen LogP contribution in [0.3, 0.4) is 0 Å². The van der Waals surface area contributed by atoms with Crippen LogP contribution in [-0.4, -0.2) is 29.5 Å². The van der Waals surface area contributed by atoms with Gasteiger partial charge in [-0.15, -0.1) is 42.7 Å². The number of nitrogens with two attached hydrogens (primary N) is 1. The highest BCUT2D eigenvalue weighted by Crippen LogP contribution is 2.37.